The summed E-state index contributed by atoms with van der Waals surface area (Å²) in [6.45, 7) is 3.55. The van der Waals surface area contributed by atoms with Crippen LogP contribution in [0.3, 0.4) is 0 Å². The van der Waals surface area contributed by atoms with Gasteiger partial charge in [-0.25, -0.2) is 4.98 Å². The maximum absolute atomic E-state index is 13.5. The molecule has 13 heteroatoms. The van der Waals surface area contributed by atoms with Crippen LogP contribution in [-0.4, -0.2) is 90.2 Å². The Kier molecular flexibility index (Phi) is 11.7. The number of rotatable bonds is 15. The molecule has 2 aromatic carbocycles. The van der Waals surface area contributed by atoms with Crippen LogP contribution in [0.4, 0.5) is 0 Å². The lowest BCUT2D eigenvalue weighted by atomic mass is 10.00. The van der Waals surface area contributed by atoms with Crippen molar-refractivity contribution < 1.29 is 27.9 Å². The zero-order valence-corrected chi connectivity index (χ0v) is 25.6. The molecule has 232 valence electrons. The molecule has 3 aromatic rings. The first-order chi connectivity index (χ1) is 20.3. The maximum atomic E-state index is 13.5. The lowest BCUT2D eigenvalue weighted by Crippen LogP contribution is -2.56. The molecule has 1 aromatic heterocycles. The summed E-state index contributed by atoms with van der Waals surface area (Å²) in [5.74, 6) is -2.32. The molecule has 12 nitrogen and oxygen atoms in total. The summed E-state index contributed by atoms with van der Waals surface area (Å²) in [6.07, 6.45) is -1.70. The summed E-state index contributed by atoms with van der Waals surface area (Å²) in [5, 5.41) is 17.4. The minimum Gasteiger partial charge on any atom is -0.390 e. The van der Waals surface area contributed by atoms with Crippen molar-refractivity contribution in [2.24, 2.45) is 11.7 Å². The van der Waals surface area contributed by atoms with Crippen LogP contribution in [-0.2, 0) is 26.2 Å². The normalized spacial score (nSPS) is 14.0. The Morgan fingerprint density at radius 3 is 2.21 bits per heavy atom. The minimum atomic E-state index is -3.89. The monoisotopic (exact) mass is 612 g/mol. The molecule has 0 radical (unpaired) electrons. The first-order valence-corrected chi connectivity index (χ1v) is 15.3. The molecule has 0 fully saturated rings. The van der Waals surface area contributed by atoms with Crippen molar-refractivity contribution in [3.05, 3.63) is 78.0 Å². The molecule has 0 aliphatic carbocycles. The second kappa shape index (κ2) is 15.0. The number of pyridine rings is 1. The van der Waals surface area contributed by atoms with Crippen molar-refractivity contribution in [2.75, 3.05) is 27.2 Å². The highest BCUT2D eigenvalue weighted by Crippen LogP contribution is 2.15. The Balaban J connectivity index is 1.86. The number of carbonyl (C=O) groups excluding carboxylic acids is 3. The fourth-order valence-electron chi connectivity index (χ4n) is 4.51. The molecule has 0 unspecified atom stereocenters. The first kappa shape index (κ1) is 33.6. The number of aromatic nitrogens is 1. The van der Waals surface area contributed by atoms with Crippen LogP contribution in [0, 0.1) is 5.92 Å². The molecule has 43 heavy (non-hydrogen) atoms. The summed E-state index contributed by atoms with van der Waals surface area (Å²) in [5.41, 5.74) is 6.80. The van der Waals surface area contributed by atoms with Crippen molar-refractivity contribution in [1.82, 2.24) is 24.2 Å². The zero-order valence-electron chi connectivity index (χ0n) is 24.8. The maximum Gasteiger partial charge on any atom is 0.281 e. The first-order valence-electron chi connectivity index (χ1n) is 13.9. The highest BCUT2D eigenvalue weighted by Gasteiger charge is 2.33. The van der Waals surface area contributed by atoms with Crippen LogP contribution < -0.4 is 16.4 Å². The van der Waals surface area contributed by atoms with E-state index < -0.39 is 52.5 Å². The van der Waals surface area contributed by atoms with Gasteiger partial charge in [0.05, 0.1) is 24.1 Å². The molecule has 0 saturated carbocycles. The topological polar surface area (TPSA) is 175 Å². The van der Waals surface area contributed by atoms with Crippen LogP contribution in [0.2, 0.25) is 0 Å². The molecule has 3 amide bonds. The van der Waals surface area contributed by atoms with Gasteiger partial charge in [-0.3, -0.25) is 14.4 Å². The lowest BCUT2D eigenvalue weighted by molar-refractivity contribution is -0.128. The smallest absolute Gasteiger partial charge is 0.281 e. The van der Waals surface area contributed by atoms with Gasteiger partial charge in [-0.15, -0.1) is 0 Å². The zero-order chi connectivity index (χ0) is 31.7. The molecular weight excluding hydrogens is 572 g/mol. The fraction of sp³-hybridized carbons (Fsp3) is 0.400. The number of primary amides is 1. The summed E-state index contributed by atoms with van der Waals surface area (Å²) in [7, 11) is -1.08. The molecule has 3 atom stereocenters. The SMILES string of the molecule is CC(C)CN(C[C@@H](O)[C@H](Cc1ccccc1)NC(=O)[C@H](CC(N)=O)NC(=O)c1ccc2ccccc2n1)S(=O)(=O)N(C)C. The number of fused-ring (bicyclic) bond motifs is 1. The van der Waals surface area contributed by atoms with E-state index in [1.54, 1.807) is 30.3 Å². The van der Waals surface area contributed by atoms with Gasteiger partial charge in [-0.1, -0.05) is 68.4 Å². The van der Waals surface area contributed by atoms with Crippen LogP contribution >= 0.6 is 0 Å². The largest absolute Gasteiger partial charge is 0.390 e. The van der Waals surface area contributed by atoms with E-state index >= 15 is 0 Å². The number of hydrogen-bond donors (Lipinski definition) is 4. The molecule has 3 rings (SSSR count). The standard InChI is InChI=1S/C30H40N6O6S/c1-20(2)18-36(43(41,42)35(3)4)19-27(37)25(16-21-10-6-5-7-11-21)33-30(40)26(17-28(31)38)34-29(39)24-15-14-22-12-8-9-13-23(22)32-24/h5-15,20,25-27,37H,16-19H2,1-4H3,(H2,31,38)(H,33,40)(H,34,39)/t25-,26-,27+/m0/s1. The van der Waals surface area contributed by atoms with E-state index in [0.29, 0.717) is 5.52 Å². The Morgan fingerprint density at radius 2 is 1.58 bits per heavy atom. The Hall–Kier alpha value is -3.91. The fourth-order valence-corrected chi connectivity index (χ4v) is 5.80. The number of aliphatic hydroxyl groups is 1. The number of amides is 3. The van der Waals surface area contributed by atoms with Gasteiger partial charge in [0.2, 0.25) is 11.8 Å². The highest BCUT2D eigenvalue weighted by atomic mass is 32.2. The molecule has 0 aliphatic rings. The van der Waals surface area contributed by atoms with Gasteiger partial charge in [-0.05, 0) is 30.0 Å². The number of carbonyl (C=O) groups is 3. The molecule has 0 saturated heterocycles. The minimum absolute atomic E-state index is 0.0389. The average Bonchev–Trinajstić information content (AvgIpc) is 2.95. The Morgan fingerprint density at radius 1 is 0.930 bits per heavy atom. The Bertz CT molecular complexity index is 1520. The predicted octanol–water partition coefficient (Wildman–Crippen LogP) is 1.06. The van der Waals surface area contributed by atoms with E-state index in [1.807, 2.05) is 44.2 Å². The summed E-state index contributed by atoms with van der Waals surface area (Å²) in [6, 6.07) is 17.1. The van der Waals surface area contributed by atoms with Gasteiger partial charge >= 0.3 is 0 Å². The van der Waals surface area contributed by atoms with Crippen LogP contribution in [0.1, 0.15) is 36.3 Å². The van der Waals surface area contributed by atoms with Crippen LogP contribution in [0.25, 0.3) is 10.9 Å². The molecule has 0 spiro atoms. The van der Waals surface area contributed by atoms with Gasteiger partial charge in [0.1, 0.15) is 11.7 Å². The molecule has 0 bridgehead atoms. The quantitative estimate of drug-likeness (QED) is 0.198. The lowest BCUT2D eigenvalue weighted by Gasteiger charge is -2.32. The molecule has 1 heterocycles. The average molecular weight is 613 g/mol. The van der Waals surface area contributed by atoms with Crippen molar-refractivity contribution in [2.45, 2.75) is 44.9 Å². The van der Waals surface area contributed by atoms with Crippen molar-refractivity contribution in [3.8, 4) is 0 Å². The van der Waals surface area contributed by atoms with E-state index in [-0.39, 0.29) is 31.1 Å². The third-order valence-electron chi connectivity index (χ3n) is 6.70. The molecule has 5 N–H and O–H groups in total. The molecular formula is C30H40N6O6S. The van der Waals surface area contributed by atoms with Gasteiger partial charge in [0.15, 0.2) is 0 Å². The van der Waals surface area contributed by atoms with Crippen molar-refractivity contribution in [3.63, 3.8) is 0 Å². The van der Waals surface area contributed by atoms with Crippen LogP contribution in [0.15, 0.2) is 66.7 Å². The van der Waals surface area contributed by atoms with Gasteiger partial charge in [0.25, 0.3) is 16.1 Å². The van der Waals surface area contributed by atoms with Crippen LogP contribution in [0.5, 0.6) is 0 Å². The summed E-state index contributed by atoms with van der Waals surface area (Å²) < 4.78 is 28.3. The van der Waals surface area contributed by atoms with Gasteiger partial charge < -0.3 is 21.5 Å². The van der Waals surface area contributed by atoms with E-state index in [4.69, 9.17) is 5.73 Å². The molecule has 0 aliphatic heterocycles. The third kappa shape index (κ3) is 9.55. The number of nitrogens with two attached hydrogens (primary N) is 1. The highest BCUT2D eigenvalue weighted by molar-refractivity contribution is 7.86. The second-order valence-corrected chi connectivity index (χ2v) is 13.1. The van der Waals surface area contributed by atoms with E-state index in [2.05, 4.69) is 15.6 Å². The van der Waals surface area contributed by atoms with Gasteiger partial charge in [-0.2, -0.15) is 17.0 Å². The number of nitrogens with one attached hydrogen (secondary N) is 2. The number of aliphatic hydroxyl groups excluding tert-OH is 1. The predicted molar refractivity (Wildman–Crippen MR) is 164 cm³/mol. The van der Waals surface area contributed by atoms with E-state index in [0.717, 1.165) is 15.3 Å². The second-order valence-electron chi connectivity index (χ2n) is 11.0. The third-order valence-corrected chi connectivity index (χ3v) is 8.57. The Labute approximate surface area is 252 Å². The van der Waals surface area contributed by atoms with E-state index in [9.17, 15) is 27.9 Å². The van der Waals surface area contributed by atoms with Crippen molar-refractivity contribution in [1.29, 1.82) is 0 Å². The van der Waals surface area contributed by atoms with Gasteiger partial charge in [0, 0.05) is 32.6 Å². The van der Waals surface area contributed by atoms with Crippen molar-refractivity contribution >= 4 is 38.8 Å². The number of para-hydroxylation sites is 1. The number of hydrogen-bond acceptors (Lipinski definition) is 7. The number of benzene rings is 2. The van der Waals surface area contributed by atoms with E-state index in [1.165, 1.54) is 24.5 Å². The summed E-state index contributed by atoms with van der Waals surface area (Å²) in [4.78, 5) is 42.8. The number of nitrogens with zero attached hydrogens (tertiary/aromatic N) is 3. The summed E-state index contributed by atoms with van der Waals surface area (Å²) >= 11 is 0.